The van der Waals surface area contributed by atoms with Gasteiger partial charge in [-0.15, -0.1) is 0 Å². The first kappa shape index (κ1) is 13.1. The maximum Gasteiger partial charge on any atom is 0.242 e. The summed E-state index contributed by atoms with van der Waals surface area (Å²) in [5, 5.41) is 0. The van der Waals surface area contributed by atoms with Crippen molar-refractivity contribution in [3.63, 3.8) is 0 Å². The summed E-state index contributed by atoms with van der Waals surface area (Å²) in [6.07, 6.45) is 0. The van der Waals surface area contributed by atoms with Crippen molar-refractivity contribution in [1.82, 2.24) is 0 Å². The SMILES string of the molecule is COc1cc(NS(=O)(=O)CBr)cc(OC)c1. The van der Waals surface area contributed by atoms with Crippen LogP contribution in [0.2, 0.25) is 0 Å². The van der Waals surface area contributed by atoms with E-state index in [1.165, 1.54) is 14.2 Å². The highest BCUT2D eigenvalue weighted by molar-refractivity contribution is 9.10. The van der Waals surface area contributed by atoms with E-state index in [1.807, 2.05) is 0 Å². The van der Waals surface area contributed by atoms with E-state index in [0.29, 0.717) is 17.2 Å². The molecular weight excluding hydrogens is 298 g/mol. The fraction of sp³-hybridized carbons (Fsp3) is 0.333. The van der Waals surface area contributed by atoms with Gasteiger partial charge in [0.25, 0.3) is 0 Å². The van der Waals surface area contributed by atoms with Crippen LogP contribution in [0.4, 0.5) is 5.69 Å². The van der Waals surface area contributed by atoms with Gasteiger partial charge in [0.15, 0.2) is 0 Å². The largest absolute Gasteiger partial charge is 0.497 e. The van der Waals surface area contributed by atoms with E-state index in [0.717, 1.165) is 0 Å². The Kier molecular flexibility index (Phi) is 4.43. The highest BCUT2D eigenvalue weighted by Crippen LogP contribution is 2.26. The summed E-state index contributed by atoms with van der Waals surface area (Å²) in [5.41, 5.74) is 0.399. The number of anilines is 1. The lowest BCUT2D eigenvalue weighted by molar-refractivity contribution is 0.395. The summed E-state index contributed by atoms with van der Waals surface area (Å²) in [4.78, 5) is 0. The quantitative estimate of drug-likeness (QED) is 0.842. The molecular formula is C9H12BrNO4S. The Bertz CT molecular complexity index is 438. The highest BCUT2D eigenvalue weighted by atomic mass is 79.9. The van der Waals surface area contributed by atoms with Gasteiger partial charge in [0.05, 0.1) is 19.9 Å². The van der Waals surface area contributed by atoms with Gasteiger partial charge >= 0.3 is 0 Å². The van der Waals surface area contributed by atoms with Crippen molar-refractivity contribution in [3.8, 4) is 11.5 Å². The molecule has 0 unspecified atom stereocenters. The van der Waals surface area contributed by atoms with Crippen LogP contribution in [-0.2, 0) is 10.0 Å². The Morgan fingerprint density at radius 2 is 1.69 bits per heavy atom. The van der Waals surface area contributed by atoms with Crippen molar-refractivity contribution in [1.29, 1.82) is 0 Å². The molecule has 0 saturated carbocycles. The molecule has 0 heterocycles. The Morgan fingerprint density at radius 1 is 1.19 bits per heavy atom. The van der Waals surface area contributed by atoms with Crippen LogP contribution < -0.4 is 14.2 Å². The van der Waals surface area contributed by atoms with E-state index in [2.05, 4.69) is 20.7 Å². The van der Waals surface area contributed by atoms with Crippen molar-refractivity contribution in [3.05, 3.63) is 18.2 Å². The molecule has 1 aromatic carbocycles. The molecule has 5 nitrogen and oxygen atoms in total. The minimum Gasteiger partial charge on any atom is -0.497 e. The van der Waals surface area contributed by atoms with Crippen LogP contribution >= 0.6 is 15.9 Å². The number of alkyl halides is 1. The van der Waals surface area contributed by atoms with Crippen LogP contribution in [0.5, 0.6) is 11.5 Å². The lowest BCUT2D eigenvalue weighted by Crippen LogP contribution is -2.13. The van der Waals surface area contributed by atoms with Crippen molar-refractivity contribution in [2.24, 2.45) is 0 Å². The van der Waals surface area contributed by atoms with Gasteiger partial charge in [-0.2, -0.15) is 0 Å². The van der Waals surface area contributed by atoms with Crippen molar-refractivity contribution < 1.29 is 17.9 Å². The molecule has 0 atom stereocenters. The molecule has 1 N–H and O–H groups in total. The Labute approximate surface area is 103 Å². The molecule has 0 aliphatic heterocycles. The number of sulfonamides is 1. The maximum absolute atomic E-state index is 11.3. The van der Waals surface area contributed by atoms with Crippen LogP contribution in [0, 0.1) is 0 Å². The normalized spacial score (nSPS) is 10.9. The zero-order valence-electron chi connectivity index (χ0n) is 8.86. The summed E-state index contributed by atoms with van der Waals surface area (Å²) in [7, 11) is -0.372. The van der Waals surface area contributed by atoms with Crippen molar-refractivity contribution in [2.75, 3.05) is 23.6 Å². The van der Waals surface area contributed by atoms with E-state index in [-0.39, 0.29) is 4.66 Å². The first-order chi connectivity index (χ1) is 7.50. The van der Waals surface area contributed by atoms with Gasteiger partial charge in [0, 0.05) is 18.2 Å². The van der Waals surface area contributed by atoms with Gasteiger partial charge in [-0.1, -0.05) is 15.9 Å². The fourth-order valence-electron chi connectivity index (χ4n) is 1.07. The highest BCUT2D eigenvalue weighted by Gasteiger charge is 2.09. The zero-order valence-corrected chi connectivity index (χ0v) is 11.3. The minimum absolute atomic E-state index is 0.167. The summed E-state index contributed by atoms with van der Waals surface area (Å²) >= 11 is 2.89. The van der Waals surface area contributed by atoms with Crippen molar-refractivity contribution >= 4 is 31.6 Å². The smallest absolute Gasteiger partial charge is 0.242 e. The van der Waals surface area contributed by atoms with Gasteiger partial charge in [0.1, 0.15) is 16.2 Å². The molecule has 0 aliphatic carbocycles. The lowest BCUT2D eigenvalue weighted by Gasteiger charge is -2.09. The molecule has 16 heavy (non-hydrogen) atoms. The third-order valence-electron chi connectivity index (χ3n) is 1.77. The second-order valence-electron chi connectivity index (χ2n) is 2.93. The summed E-state index contributed by atoms with van der Waals surface area (Å²) < 4.78 is 34.9. The van der Waals surface area contributed by atoms with E-state index in [4.69, 9.17) is 9.47 Å². The molecule has 0 radical (unpaired) electrons. The molecule has 90 valence electrons. The van der Waals surface area contributed by atoms with Gasteiger partial charge in [-0.05, 0) is 0 Å². The Morgan fingerprint density at radius 3 is 2.06 bits per heavy atom. The monoisotopic (exact) mass is 309 g/mol. The predicted molar refractivity (Wildman–Crippen MR) is 65.9 cm³/mol. The van der Waals surface area contributed by atoms with Crippen molar-refractivity contribution in [2.45, 2.75) is 0 Å². The average molecular weight is 310 g/mol. The predicted octanol–water partition coefficient (Wildman–Crippen LogP) is 1.80. The molecule has 1 aromatic rings. The van der Waals surface area contributed by atoms with Crippen LogP contribution in [0.1, 0.15) is 0 Å². The summed E-state index contributed by atoms with van der Waals surface area (Å²) in [6.45, 7) is 0. The number of benzene rings is 1. The van der Waals surface area contributed by atoms with Gasteiger partial charge in [-0.3, -0.25) is 4.72 Å². The minimum atomic E-state index is -3.37. The molecule has 0 aliphatic rings. The molecule has 1 rings (SSSR count). The average Bonchev–Trinajstić information content (AvgIpc) is 2.28. The molecule has 0 bridgehead atoms. The van der Waals surface area contributed by atoms with Crippen LogP contribution in [0.3, 0.4) is 0 Å². The first-order valence-corrected chi connectivity index (χ1v) is 7.07. The second kappa shape index (κ2) is 5.40. The number of halogens is 1. The lowest BCUT2D eigenvalue weighted by atomic mass is 10.3. The molecule has 0 saturated heterocycles. The number of nitrogens with one attached hydrogen (secondary N) is 1. The fourth-order valence-corrected chi connectivity index (χ4v) is 1.95. The third-order valence-corrected chi connectivity index (χ3v) is 4.41. The van der Waals surface area contributed by atoms with Gasteiger partial charge in [0.2, 0.25) is 10.0 Å². The molecule has 7 heteroatoms. The second-order valence-corrected chi connectivity index (χ2v) is 5.95. The first-order valence-electron chi connectivity index (χ1n) is 4.30. The number of hydrogen-bond acceptors (Lipinski definition) is 4. The van der Waals surface area contributed by atoms with E-state index in [1.54, 1.807) is 18.2 Å². The van der Waals surface area contributed by atoms with E-state index >= 15 is 0 Å². The Balaban J connectivity index is 3.04. The van der Waals surface area contributed by atoms with Gasteiger partial charge in [-0.25, -0.2) is 8.42 Å². The third kappa shape index (κ3) is 3.57. The molecule has 0 aromatic heterocycles. The number of methoxy groups -OCH3 is 2. The topological polar surface area (TPSA) is 64.6 Å². The summed E-state index contributed by atoms with van der Waals surface area (Å²) in [5.74, 6) is 1.04. The standard InChI is InChI=1S/C9H12BrNO4S/c1-14-8-3-7(4-9(5-8)15-2)11-16(12,13)6-10/h3-5,11H,6H2,1-2H3. The number of ether oxygens (including phenoxy) is 2. The Hall–Kier alpha value is -0.950. The molecule has 0 amide bonds. The summed E-state index contributed by atoms with van der Waals surface area (Å²) in [6, 6.07) is 4.80. The van der Waals surface area contributed by atoms with Crippen LogP contribution in [0.25, 0.3) is 0 Å². The zero-order chi connectivity index (χ0) is 12.2. The number of hydrogen-bond donors (Lipinski definition) is 1. The van der Waals surface area contributed by atoms with Crippen LogP contribution in [-0.4, -0.2) is 27.3 Å². The maximum atomic E-state index is 11.3. The number of rotatable bonds is 5. The molecule has 0 spiro atoms. The van der Waals surface area contributed by atoms with Crippen LogP contribution in [0.15, 0.2) is 18.2 Å². The van der Waals surface area contributed by atoms with E-state index in [9.17, 15) is 8.42 Å². The molecule has 0 fully saturated rings. The van der Waals surface area contributed by atoms with E-state index < -0.39 is 10.0 Å². The van der Waals surface area contributed by atoms with Gasteiger partial charge < -0.3 is 9.47 Å².